The van der Waals surface area contributed by atoms with E-state index in [4.69, 9.17) is 8.83 Å². The van der Waals surface area contributed by atoms with Gasteiger partial charge < -0.3 is 13.9 Å². The van der Waals surface area contributed by atoms with Crippen LogP contribution in [0, 0.1) is 0 Å². The SMILES string of the molecule is O=C(O)c1ccccc1C(c1ccco1)c1ccco1. The Morgan fingerprint density at radius 3 is 2.00 bits per heavy atom. The topological polar surface area (TPSA) is 63.6 Å². The Kier molecular flexibility index (Phi) is 3.13. The number of carbonyl (C=O) groups is 1. The van der Waals surface area contributed by atoms with E-state index in [1.54, 1.807) is 48.9 Å². The largest absolute Gasteiger partial charge is 0.478 e. The molecule has 2 aromatic heterocycles. The maximum Gasteiger partial charge on any atom is 0.336 e. The summed E-state index contributed by atoms with van der Waals surface area (Å²) in [6.07, 6.45) is 3.13. The van der Waals surface area contributed by atoms with Gasteiger partial charge >= 0.3 is 5.97 Å². The van der Waals surface area contributed by atoms with E-state index in [0.717, 1.165) is 0 Å². The molecule has 3 rings (SSSR count). The molecule has 1 N–H and O–H groups in total. The molecule has 4 heteroatoms. The molecule has 100 valence electrons. The molecule has 0 spiro atoms. The molecule has 0 saturated heterocycles. The lowest BCUT2D eigenvalue weighted by molar-refractivity contribution is 0.0695. The molecule has 4 nitrogen and oxygen atoms in total. The van der Waals surface area contributed by atoms with E-state index in [2.05, 4.69) is 0 Å². The van der Waals surface area contributed by atoms with E-state index in [1.807, 2.05) is 12.1 Å². The predicted molar refractivity (Wildman–Crippen MR) is 71.8 cm³/mol. The van der Waals surface area contributed by atoms with Crippen LogP contribution in [0.15, 0.2) is 69.9 Å². The molecule has 0 aliphatic heterocycles. The summed E-state index contributed by atoms with van der Waals surface area (Å²) in [7, 11) is 0. The number of benzene rings is 1. The molecule has 2 heterocycles. The maximum absolute atomic E-state index is 11.4. The van der Waals surface area contributed by atoms with Crippen molar-refractivity contribution in [2.75, 3.05) is 0 Å². The van der Waals surface area contributed by atoms with Crippen molar-refractivity contribution in [2.24, 2.45) is 0 Å². The van der Waals surface area contributed by atoms with Gasteiger partial charge in [-0.15, -0.1) is 0 Å². The van der Waals surface area contributed by atoms with Gasteiger partial charge in [0.15, 0.2) is 0 Å². The van der Waals surface area contributed by atoms with Crippen molar-refractivity contribution in [1.29, 1.82) is 0 Å². The zero-order chi connectivity index (χ0) is 13.9. The zero-order valence-corrected chi connectivity index (χ0v) is 10.5. The van der Waals surface area contributed by atoms with Crippen LogP contribution >= 0.6 is 0 Å². The first-order valence-electron chi connectivity index (χ1n) is 6.16. The second kappa shape index (κ2) is 5.09. The summed E-state index contributed by atoms with van der Waals surface area (Å²) in [5, 5.41) is 9.35. The van der Waals surface area contributed by atoms with Gasteiger partial charge in [-0.1, -0.05) is 18.2 Å². The second-order valence-electron chi connectivity index (χ2n) is 4.36. The monoisotopic (exact) mass is 268 g/mol. The smallest absolute Gasteiger partial charge is 0.336 e. The fourth-order valence-corrected chi connectivity index (χ4v) is 2.30. The van der Waals surface area contributed by atoms with Crippen LogP contribution in [0.4, 0.5) is 0 Å². The van der Waals surface area contributed by atoms with Crippen LogP contribution in [0.3, 0.4) is 0 Å². The van der Waals surface area contributed by atoms with Gasteiger partial charge in [0.25, 0.3) is 0 Å². The standard InChI is InChI=1S/C16H12O4/c17-16(18)12-6-2-1-5-11(12)15(13-7-3-9-19-13)14-8-4-10-20-14/h1-10,15H,(H,17,18). The Labute approximate surface area is 115 Å². The van der Waals surface area contributed by atoms with Crippen molar-refractivity contribution in [2.45, 2.75) is 5.92 Å². The normalized spacial score (nSPS) is 10.8. The number of hydrogen-bond acceptors (Lipinski definition) is 3. The second-order valence-corrected chi connectivity index (χ2v) is 4.36. The first-order valence-corrected chi connectivity index (χ1v) is 6.16. The van der Waals surface area contributed by atoms with Gasteiger partial charge in [0.05, 0.1) is 18.1 Å². The van der Waals surface area contributed by atoms with Gasteiger partial charge in [-0.05, 0) is 35.9 Å². The van der Waals surface area contributed by atoms with Crippen molar-refractivity contribution >= 4 is 5.97 Å². The van der Waals surface area contributed by atoms with Gasteiger partial charge in [0.1, 0.15) is 17.4 Å². The third-order valence-electron chi connectivity index (χ3n) is 3.16. The molecule has 20 heavy (non-hydrogen) atoms. The highest BCUT2D eigenvalue weighted by Crippen LogP contribution is 2.34. The van der Waals surface area contributed by atoms with Gasteiger partial charge in [-0.3, -0.25) is 0 Å². The van der Waals surface area contributed by atoms with Crippen LogP contribution < -0.4 is 0 Å². The molecule has 0 atom stereocenters. The van der Waals surface area contributed by atoms with Crippen LogP contribution in [-0.2, 0) is 0 Å². The molecule has 1 aromatic carbocycles. The lowest BCUT2D eigenvalue weighted by atomic mass is 9.90. The Bertz CT molecular complexity index is 662. The summed E-state index contributed by atoms with van der Waals surface area (Å²) in [6, 6.07) is 14.0. The number of furan rings is 2. The predicted octanol–water partition coefficient (Wildman–Crippen LogP) is 3.75. The highest BCUT2D eigenvalue weighted by Gasteiger charge is 2.26. The van der Waals surface area contributed by atoms with Crippen LogP contribution in [0.5, 0.6) is 0 Å². The summed E-state index contributed by atoms with van der Waals surface area (Å²) in [4.78, 5) is 11.4. The van der Waals surface area contributed by atoms with Gasteiger partial charge in [-0.25, -0.2) is 4.79 Å². The fraction of sp³-hybridized carbons (Fsp3) is 0.0625. The molecule has 0 bridgehead atoms. The lowest BCUT2D eigenvalue weighted by Gasteiger charge is -2.15. The van der Waals surface area contributed by atoms with Crippen molar-refractivity contribution in [1.82, 2.24) is 0 Å². The maximum atomic E-state index is 11.4. The molecule has 0 aliphatic carbocycles. The number of rotatable bonds is 4. The van der Waals surface area contributed by atoms with E-state index in [9.17, 15) is 9.90 Å². The molecular weight excluding hydrogens is 256 g/mol. The Morgan fingerprint density at radius 2 is 1.50 bits per heavy atom. The molecule has 0 fully saturated rings. The lowest BCUT2D eigenvalue weighted by Crippen LogP contribution is -2.08. The summed E-state index contributed by atoms with van der Waals surface area (Å²) in [5.41, 5.74) is 0.884. The van der Waals surface area contributed by atoms with Crippen molar-refractivity contribution in [3.8, 4) is 0 Å². The van der Waals surface area contributed by atoms with Crippen molar-refractivity contribution < 1.29 is 18.7 Å². The molecule has 0 saturated carbocycles. The number of carboxylic acids is 1. The number of aromatic carboxylic acids is 1. The molecule has 0 amide bonds. The minimum absolute atomic E-state index is 0.241. The summed E-state index contributed by atoms with van der Waals surface area (Å²) in [5.74, 6) is -0.0432. The molecule has 0 unspecified atom stereocenters. The quantitative estimate of drug-likeness (QED) is 0.782. The van der Waals surface area contributed by atoms with Gasteiger partial charge in [-0.2, -0.15) is 0 Å². The first-order chi connectivity index (χ1) is 9.77. The highest BCUT2D eigenvalue weighted by molar-refractivity contribution is 5.90. The minimum Gasteiger partial charge on any atom is -0.478 e. The fourth-order valence-electron chi connectivity index (χ4n) is 2.30. The van der Waals surface area contributed by atoms with E-state index in [1.165, 1.54) is 0 Å². The highest BCUT2D eigenvalue weighted by atomic mass is 16.4. The Hall–Kier alpha value is -2.75. The van der Waals surface area contributed by atoms with E-state index in [0.29, 0.717) is 17.1 Å². The van der Waals surface area contributed by atoms with Crippen LogP contribution in [0.2, 0.25) is 0 Å². The molecule has 0 aliphatic rings. The van der Waals surface area contributed by atoms with Gasteiger partial charge in [0, 0.05) is 0 Å². The minimum atomic E-state index is -0.969. The van der Waals surface area contributed by atoms with E-state index >= 15 is 0 Å². The summed E-state index contributed by atoms with van der Waals surface area (Å²) in [6.45, 7) is 0. The Morgan fingerprint density at radius 1 is 0.900 bits per heavy atom. The average molecular weight is 268 g/mol. The van der Waals surface area contributed by atoms with Gasteiger partial charge in [0.2, 0.25) is 0 Å². The summed E-state index contributed by atoms with van der Waals surface area (Å²) < 4.78 is 10.9. The van der Waals surface area contributed by atoms with E-state index in [-0.39, 0.29) is 11.5 Å². The molecule has 3 aromatic rings. The number of hydrogen-bond donors (Lipinski definition) is 1. The summed E-state index contributed by atoms with van der Waals surface area (Å²) >= 11 is 0. The number of carboxylic acid groups (broad SMARTS) is 1. The van der Waals surface area contributed by atoms with E-state index < -0.39 is 5.97 Å². The third kappa shape index (κ3) is 2.12. The Balaban J connectivity index is 2.19. The van der Waals surface area contributed by atoms with Crippen molar-refractivity contribution in [3.05, 3.63) is 83.7 Å². The van der Waals surface area contributed by atoms with Crippen LogP contribution in [0.1, 0.15) is 33.4 Å². The first kappa shape index (κ1) is 12.3. The molecule has 0 radical (unpaired) electrons. The molecular formula is C16H12O4. The van der Waals surface area contributed by atoms with Crippen LogP contribution in [0.25, 0.3) is 0 Å². The van der Waals surface area contributed by atoms with Crippen molar-refractivity contribution in [3.63, 3.8) is 0 Å². The third-order valence-corrected chi connectivity index (χ3v) is 3.16. The zero-order valence-electron chi connectivity index (χ0n) is 10.5. The van der Waals surface area contributed by atoms with Crippen LogP contribution in [-0.4, -0.2) is 11.1 Å². The average Bonchev–Trinajstić information content (AvgIpc) is 3.13.